The number of anilines is 1. The molecule has 0 saturated carbocycles. The lowest BCUT2D eigenvalue weighted by Crippen LogP contribution is -2.37. The van der Waals surface area contributed by atoms with E-state index in [1.54, 1.807) is 18.2 Å². The molecule has 0 bridgehead atoms. The Balaban J connectivity index is 1.62. The molecule has 4 aromatic rings. The summed E-state index contributed by atoms with van der Waals surface area (Å²) in [6.45, 7) is 1.46. The number of benzene rings is 1. The molecule has 1 unspecified atom stereocenters. The number of nitrogens with zero attached hydrogens (tertiary/aromatic N) is 5. The van der Waals surface area contributed by atoms with Crippen molar-refractivity contribution in [3.05, 3.63) is 65.5 Å². The number of pyridine rings is 1. The Morgan fingerprint density at radius 1 is 1.24 bits per heavy atom. The first-order chi connectivity index (χ1) is 16.5. The van der Waals surface area contributed by atoms with Gasteiger partial charge < -0.3 is 19.9 Å². The molecular formula is C22H20ClFN6O4. The largest absolute Gasteiger partial charge is 0.461 e. The van der Waals surface area contributed by atoms with Gasteiger partial charge in [-0.05, 0) is 36.8 Å². The van der Waals surface area contributed by atoms with E-state index in [9.17, 15) is 9.18 Å². The first-order valence-electron chi connectivity index (χ1n) is 10.2. The van der Waals surface area contributed by atoms with E-state index in [1.807, 2.05) is 6.92 Å². The van der Waals surface area contributed by atoms with Crippen LogP contribution in [0.3, 0.4) is 0 Å². The van der Waals surface area contributed by atoms with Crippen molar-refractivity contribution in [2.45, 2.75) is 13.0 Å². The van der Waals surface area contributed by atoms with Gasteiger partial charge in [0.1, 0.15) is 23.3 Å². The zero-order valence-electron chi connectivity index (χ0n) is 18.0. The number of hydrogen-bond acceptors (Lipinski definition) is 8. The molecule has 3 heterocycles. The van der Waals surface area contributed by atoms with Gasteiger partial charge in [0.2, 0.25) is 12.0 Å². The molecule has 0 aliphatic heterocycles. The zero-order valence-corrected chi connectivity index (χ0v) is 18.7. The maximum atomic E-state index is 13.8. The number of aryl methyl sites for hydroxylation is 1. The highest BCUT2D eigenvalue weighted by Gasteiger charge is 2.24. The number of carbonyl (C=O) groups is 1. The van der Waals surface area contributed by atoms with Crippen molar-refractivity contribution in [2.75, 3.05) is 25.1 Å². The highest BCUT2D eigenvalue weighted by molar-refractivity contribution is 6.30. The van der Waals surface area contributed by atoms with Crippen LogP contribution in [-0.4, -0.2) is 61.7 Å². The first-order valence-corrected chi connectivity index (χ1v) is 10.6. The van der Waals surface area contributed by atoms with Gasteiger partial charge in [-0.1, -0.05) is 17.7 Å². The van der Waals surface area contributed by atoms with E-state index < -0.39 is 17.8 Å². The number of hydrogen-bond donors (Lipinski definition) is 2. The third-order valence-electron chi connectivity index (χ3n) is 4.76. The molecule has 10 nitrogen and oxygen atoms in total. The lowest BCUT2D eigenvalue weighted by atomic mass is 10.2. The van der Waals surface area contributed by atoms with Crippen LogP contribution in [0.15, 0.2) is 49.1 Å². The minimum Gasteiger partial charge on any atom is -0.461 e. The second-order valence-electron chi connectivity index (χ2n) is 7.16. The van der Waals surface area contributed by atoms with Crippen molar-refractivity contribution in [3.8, 4) is 11.6 Å². The lowest BCUT2D eigenvalue weighted by molar-refractivity contribution is -0.125. The van der Waals surface area contributed by atoms with Crippen molar-refractivity contribution in [2.24, 2.45) is 0 Å². The lowest BCUT2D eigenvalue weighted by Gasteiger charge is -2.18. The van der Waals surface area contributed by atoms with Crippen molar-refractivity contribution in [3.63, 3.8) is 0 Å². The monoisotopic (exact) mass is 486 g/mol. The van der Waals surface area contributed by atoms with Gasteiger partial charge in [0.25, 0.3) is 5.91 Å². The van der Waals surface area contributed by atoms with E-state index in [4.69, 9.17) is 26.2 Å². The second-order valence-corrected chi connectivity index (χ2v) is 7.60. The highest BCUT2D eigenvalue weighted by atomic mass is 35.5. The molecule has 3 aromatic heterocycles. The maximum Gasteiger partial charge on any atom is 0.269 e. The number of rotatable bonds is 9. The van der Waals surface area contributed by atoms with Crippen LogP contribution in [-0.2, 0) is 9.53 Å². The SMILES string of the molecule is Cc1ccc(F)cc1-n1ncc2c(OC(COCCO)C(=O)Nc3ccc(Cl)cn3)ncnc21. The van der Waals surface area contributed by atoms with Crippen LogP contribution in [0, 0.1) is 12.7 Å². The molecule has 1 amide bonds. The Morgan fingerprint density at radius 2 is 2.09 bits per heavy atom. The van der Waals surface area contributed by atoms with Crippen LogP contribution in [0.5, 0.6) is 5.88 Å². The maximum absolute atomic E-state index is 13.8. The molecule has 0 radical (unpaired) electrons. The summed E-state index contributed by atoms with van der Waals surface area (Å²) in [6.07, 6.45) is 2.99. The smallest absolute Gasteiger partial charge is 0.269 e. The van der Waals surface area contributed by atoms with Crippen LogP contribution >= 0.6 is 11.6 Å². The quantitative estimate of drug-likeness (QED) is 0.346. The summed E-state index contributed by atoms with van der Waals surface area (Å²) in [5.41, 5.74) is 1.67. The Hall–Kier alpha value is -3.67. The molecule has 0 saturated heterocycles. The number of fused-ring (bicyclic) bond motifs is 1. The van der Waals surface area contributed by atoms with Crippen LogP contribution in [0.4, 0.5) is 10.2 Å². The number of amides is 1. The molecule has 34 heavy (non-hydrogen) atoms. The van der Waals surface area contributed by atoms with Gasteiger partial charge in [-0.2, -0.15) is 5.10 Å². The number of halogens is 2. The fourth-order valence-corrected chi connectivity index (χ4v) is 3.22. The summed E-state index contributed by atoms with van der Waals surface area (Å²) in [5, 5.41) is 16.8. The molecule has 1 atom stereocenters. The zero-order chi connectivity index (χ0) is 24.1. The minimum absolute atomic E-state index is 0.0162. The molecular weight excluding hydrogens is 467 g/mol. The summed E-state index contributed by atoms with van der Waals surface area (Å²) in [4.78, 5) is 25.3. The average Bonchev–Trinajstić information content (AvgIpc) is 3.26. The molecule has 176 valence electrons. The first kappa shape index (κ1) is 23.5. The second kappa shape index (κ2) is 10.5. The van der Waals surface area contributed by atoms with Gasteiger partial charge >= 0.3 is 0 Å². The third-order valence-corrected chi connectivity index (χ3v) is 4.98. The van der Waals surface area contributed by atoms with Crippen molar-refractivity contribution >= 4 is 34.4 Å². The topological polar surface area (TPSA) is 124 Å². The van der Waals surface area contributed by atoms with Crippen LogP contribution < -0.4 is 10.1 Å². The van der Waals surface area contributed by atoms with E-state index in [-0.39, 0.29) is 31.5 Å². The average molecular weight is 487 g/mol. The van der Waals surface area contributed by atoms with E-state index in [0.29, 0.717) is 21.7 Å². The van der Waals surface area contributed by atoms with Crippen LogP contribution in [0.25, 0.3) is 16.7 Å². The van der Waals surface area contributed by atoms with Gasteiger partial charge in [0.15, 0.2) is 5.65 Å². The fraction of sp³-hybridized carbons (Fsp3) is 0.227. The summed E-state index contributed by atoms with van der Waals surface area (Å²) in [6, 6.07) is 7.47. The Bertz CT molecular complexity index is 1300. The minimum atomic E-state index is -1.14. The molecule has 12 heteroatoms. The molecule has 4 rings (SSSR count). The molecule has 0 spiro atoms. The van der Waals surface area contributed by atoms with Gasteiger partial charge in [0.05, 0.1) is 36.7 Å². The fourth-order valence-electron chi connectivity index (χ4n) is 3.11. The Morgan fingerprint density at radius 3 is 2.85 bits per heavy atom. The van der Waals surface area contributed by atoms with Crippen molar-refractivity contribution in [1.29, 1.82) is 0 Å². The Kier molecular flexibility index (Phi) is 7.26. The molecule has 0 aliphatic carbocycles. The van der Waals surface area contributed by atoms with Crippen molar-refractivity contribution < 1.29 is 23.8 Å². The molecule has 1 aromatic carbocycles. The normalized spacial score (nSPS) is 12.0. The number of ether oxygens (including phenoxy) is 2. The Labute approximate surface area is 198 Å². The number of aliphatic hydroxyl groups excluding tert-OH is 1. The van der Waals surface area contributed by atoms with E-state index in [2.05, 4.69) is 25.4 Å². The van der Waals surface area contributed by atoms with Gasteiger partial charge in [0, 0.05) is 6.20 Å². The molecule has 0 fully saturated rings. The van der Waals surface area contributed by atoms with Crippen LogP contribution in [0.1, 0.15) is 5.56 Å². The van der Waals surface area contributed by atoms with Crippen LogP contribution in [0.2, 0.25) is 5.02 Å². The highest BCUT2D eigenvalue weighted by Crippen LogP contribution is 2.26. The predicted molar refractivity (Wildman–Crippen MR) is 122 cm³/mol. The van der Waals surface area contributed by atoms with Gasteiger partial charge in [-0.25, -0.2) is 24.0 Å². The van der Waals surface area contributed by atoms with Gasteiger partial charge in [-0.15, -0.1) is 0 Å². The summed E-state index contributed by atoms with van der Waals surface area (Å²) < 4.78 is 26.5. The molecule has 2 N–H and O–H groups in total. The molecule has 0 aliphatic rings. The number of aromatic nitrogens is 5. The van der Waals surface area contributed by atoms with Gasteiger partial charge in [-0.3, -0.25) is 4.79 Å². The number of aliphatic hydroxyl groups is 1. The summed E-state index contributed by atoms with van der Waals surface area (Å²) in [7, 11) is 0. The number of carbonyl (C=O) groups excluding carboxylic acids is 1. The van der Waals surface area contributed by atoms with Crippen molar-refractivity contribution in [1.82, 2.24) is 24.7 Å². The third kappa shape index (κ3) is 5.28. The standard InChI is InChI=1S/C22H20ClFN6O4/c1-13-2-4-15(24)8-17(13)30-20-16(10-28-30)22(27-12-26-20)34-18(11-33-7-6-31)21(32)29-19-5-3-14(23)9-25-19/h2-5,8-10,12,18,31H,6-7,11H2,1H3,(H,25,29,32). The summed E-state index contributed by atoms with van der Waals surface area (Å²) in [5.74, 6) is -0.606. The van der Waals surface area contributed by atoms with E-state index in [1.165, 1.54) is 35.5 Å². The summed E-state index contributed by atoms with van der Waals surface area (Å²) >= 11 is 5.84. The van der Waals surface area contributed by atoms with E-state index in [0.717, 1.165) is 5.56 Å². The predicted octanol–water partition coefficient (Wildman–Crippen LogP) is 2.71. The number of nitrogens with one attached hydrogen (secondary N) is 1. The van der Waals surface area contributed by atoms with E-state index >= 15 is 0 Å².